The standard InChI is InChI=1S/C13H15F2N5O2/c1-3-4-6-13(18-19-13)7-5-10(21)16-9-8-11(20(2)17-9)22-12(14)15/h1,8,12H,4-7H2,2H3,(H,16,17,21). The molecule has 0 spiro atoms. The zero-order chi connectivity index (χ0) is 16.2. The minimum absolute atomic E-state index is 0.136. The highest BCUT2D eigenvalue weighted by Gasteiger charge is 2.39. The monoisotopic (exact) mass is 311 g/mol. The Morgan fingerprint density at radius 1 is 1.55 bits per heavy atom. The van der Waals surface area contributed by atoms with Gasteiger partial charge < -0.3 is 10.1 Å². The molecule has 2 heterocycles. The molecule has 118 valence electrons. The highest BCUT2D eigenvalue weighted by Crippen LogP contribution is 2.37. The Morgan fingerprint density at radius 2 is 2.27 bits per heavy atom. The van der Waals surface area contributed by atoms with Crippen molar-refractivity contribution in [1.29, 1.82) is 0 Å². The quantitative estimate of drug-likeness (QED) is 0.748. The number of terminal acetylenes is 1. The second-order valence-corrected chi connectivity index (χ2v) is 4.80. The molecular formula is C13H15F2N5O2. The first kappa shape index (κ1) is 15.9. The van der Waals surface area contributed by atoms with E-state index >= 15 is 0 Å². The summed E-state index contributed by atoms with van der Waals surface area (Å²) in [6.45, 7) is -2.95. The van der Waals surface area contributed by atoms with E-state index < -0.39 is 12.3 Å². The Kier molecular flexibility index (Phi) is 4.70. The smallest absolute Gasteiger partial charge is 0.388 e. The Hall–Kier alpha value is -2.50. The van der Waals surface area contributed by atoms with Gasteiger partial charge in [-0.1, -0.05) is 0 Å². The molecule has 9 heteroatoms. The van der Waals surface area contributed by atoms with E-state index in [9.17, 15) is 13.6 Å². The molecule has 0 bridgehead atoms. The molecule has 0 saturated carbocycles. The first-order valence-electron chi connectivity index (χ1n) is 6.60. The average Bonchev–Trinajstić information content (AvgIpc) is 3.14. The van der Waals surface area contributed by atoms with Gasteiger partial charge in [-0.2, -0.15) is 24.1 Å². The van der Waals surface area contributed by atoms with Crippen molar-refractivity contribution in [3.63, 3.8) is 0 Å². The predicted molar refractivity (Wildman–Crippen MR) is 73.4 cm³/mol. The van der Waals surface area contributed by atoms with Gasteiger partial charge in [0.1, 0.15) is 0 Å². The molecule has 0 aromatic carbocycles. The summed E-state index contributed by atoms with van der Waals surface area (Å²) >= 11 is 0. The van der Waals surface area contributed by atoms with Gasteiger partial charge in [-0.25, -0.2) is 4.68 Å². The number of amides is 1. The predicted octanol–water partition coefficient (Wildman–Crippen LogP) is 2.32. The van der Waals surface area contributed by atoms with Gasteiger partial charge in [0.15, 0.2) is 11.5 Å². The van der Waals surface area contributed by atoms with Crippen LogP contribution < -0.4 is 10.1 Å². The van der Waals surface area contributed by atoms with Gasteiger partial charge in [0.2, 0.25) is 11.8 Å². The number of alkyl halides is 2. The van der Waals surface area contributed by atoms with Crippen LogP contribution in [0.5, 0.6) is 5.88 Å². The molecule has 0 saturated heterocycles. The highest BCUT2D eigenvalue weighted by atomic mass is 19.3. The summed E-state index contributed by atoms with van der Waals surface area (Å²) in [4.78, 5) is 11.8. The molecule has 0 unspecified atom stereocenters. The van der Waals surface area contributed by atoms with E-state index in [2.05, 4.69) is 31.3 Å². The first-order chi connectivity index (χ1) is 10.4. The Balaban J connectivity index is 1.81. The molecule has 2 rings (SSSR count). The summed E-state index contributed by atoms with van der Waals surface area (Å²) in [7, 11) is 1.43. The zero-order valence-electron chi connectivity index (χ0n) is 11.9. The van der Waals surface area contributed by atoms with Crippen molar-refractivity contribution in [3.8, 4) is 18.2 Å². The highest BCUT2D eigenvalue weighted by molar-refractivity contribution is 5.89. The maximum Gasteiger partial charge on any atom is 0.388 e. The number of nitrogens with zero attached hydrogens (tertiary/aromatic N) is 4. The van der Waals surface area contributed by atoms with Crippen molar-refractivity contribution in [2.75, 3.05) is 5.32 Å². The van der Waals surface area contributed by atoms with Crippen LogP contribution in [0.1, 0.15) is 25.7 Å². The van der Waals surface area contributed by atoms with E-state index in [4.69, 9.17) is 6.42 Å². The van der Waals surface area contributed by atoms with E-state index in [-0.39, 0.29) is 24.0 Å². The van der Waals surface area contributed by atoms with Gasteiger partial charge in [-0.15, -0.1) is 12.3 Å². The number of hydrogen-bond acceptors (Lipinski definition) is 5. The van der Waals surface area contributed by atoms with Crippen molar-refractivity contribution < 1.29 is 18.3 Å². The molecule has 1 aliphatic heterocycles. The van der Waals surface area contributed by atoms with Crippen LogP contribution in [0.4, 0.5) is 14.6 Å². The Bertz CT molecular complexity index is 614. The molecular weight excluding hydrogens is 296 g/mol. The van der Waals surface area contributed by atoms with Crippen LogP contribution in [0.3, 0.4) is 0 Å². The van der Waals surface area contributed by atoms with E-state index in [0.717, 1.165) is 4.68 Å². The molecule has 0 radical (unpaired) electrons. The Labute approximate surface area is 125 Å². The number of rotatable bonds is 8. The summed E-state index contributed by atoms with van der Waals surface area (Å²) in [5.74, 6) is 2.21. The third-order valence-electron chi connectivity index (χ3n) is 3.12. The van der Waals surface area contributed by atoms with Gasteiger partial charge in [0.05, 0.1) is 0 Å². The average molecular weight is 311 g/mol. The lowest BCUT2D eigenvalue weighted by molar-refractivity contribution is -0.116. The second kappa shape index (κ2) is 6.51. The molecule has 0 atom stereocenters. The van der Waals surface area contributed by atoms with Crippen molar-refractivity contribution in [2.24, 2.45) is 17.3 Å². The summed E-state index contributed by atoms with van der Waals surface area (Å²) in [6, 6.07) is 1.23. The normalized spacial score (nSPS) is 14.7. The number of hydrogen-bond donors (Lipinski definition) is 1. The number of carbonyl (C=O) groups excluding carboxylic acids is 1. The molecule has 0 fully saturated rings. The fraction of sp³-hybridized carbons (Fsp3) is 0.538. The van der Waals surface area contributed by atoms with Gasteiger partial charge in [0.25, 0.3) is 0 Å². The molecule has 7 nitrogen and oxygen atoms in total. The topological polar surface area (TPSA) is 80.9 Å². The lowest BCUT2D eigenvalue weighted by Crippen LogP contribution is -2.18. The maximum absolute atomic E-state index is 12.1. The van der Waals surface area contributed by atoms with Gasteiger partial charge in [-0.3, -0.25) is 4.79 Å². The molecule has 1 N–H and O–H groups in total. The van der Waals surface area contributed by atoms with Crippen molar-refractivity contribution >= 4 is 11.7 Å². The van der Waals surface area contributed by atoms with Gasteiger partial charge in [0, 0.05) is 38.8 Å². The summed E-state index contributed by atoms with van der Waals surface area (Å²) in [5, 5.41) is 14.2. The van der Waals surface area contributed by atoms with Crippen LogP contribution in [-0.4, -0.2) is 28.0 Å². The van der Waals surface area contributed by atoms with Crippen LogP contribution in [0, 0.1) is 12.3 Å². The minimum atomic E-state index is -2.95. The largest absolute Gasteiger partial charge is 0.417 e. The number of aryl methyl sites for hydroxylation is 1. The van der Waals surface area contributed by atoms with E-state index in [0.29, 0.717) is 19.3 Å². The van der Waals surface area contributed by atoms with Gasteiger partial charge in [-0.05, 0) is 0 Å². The van der Waals surface area contributed by atoms with Crippen LogP contribution in [-0.2, 0) is 11.8 Å². The van der Waals surface area contributed by atoms with E-state index in [1.165, 1.54) is 13.1 Å². The fourth-order valence-electron chi connectivity index (χ4n) is 1.90. The third-order valence-corrected chi connectivity index (χ3v) is 3.12. The summed E-state index contributed by atoms with van der Waals surface area (Å²) in [6.07, 6.45) is 6.98. The van der Waals surface area contributed by atoms with Crippen LogP contribution in [0.15, 0.2) is 16.3 Å². The molecule has 1 aromatic rings. The number of carbonyl (C=O) groups is 1. The summed E-state index contributed by atoms with van der Waals surface area (Å²) < 4.78 is 29.7. The van der Waals surface area contributed by atoms with Gasteiger partial charge >= 0.3 is 6.61 Å². The SMILES string of the molecule is C#CCCC1(CCC(=O)Nc2cc(OC(F)F)n(C)n2)N=N1. The summed E-state index contributed by atoms with van der Waals surface area (Å²) in [5.41, 5.74) is -0.530. The minimum Gasteiger partial charge on any atom is -0.417 e. The van der Waals surface area contributed by atoms with Crippen LogP contribution >= 0.6 is 0 Å². The van der Waals surface area contributed by atoms with E-state index in [1.54, 1.807) is 0 Å². The maximum atomic E-state index is 12.1. The van der Waals surface area contributed by atoms with Crippen LogP contribution in [0.25, 0.3) is 0 Å². The van der Waals surface area contributed by atoms with E-state index in [1.807, 2.05) is 0 Å². The number of anilines is 1. The fourth-order valence-corrected chi connectivity index (χ4v) is 1.90. The number of aromatic nitrogens is 2. The number of halogens is 2. The lowest BCUT2D eigenvalue weighted by Gasteiger charge is -2.07. The molecule has 1 amide bonds. The van der Waals surface area contributed by atoms with Crippen LogP contribution in [0.2, 0.25) is 0 Å². The third kappa shape index (κ3) is 4.25. The van der Waals surface area contributed by atoms with Crippen molar-refractivity contribution in [1.82, 2.24) is 9.78 Å². The first-order valence-corrected chi connectivity index (χ1v) is 6.60. The number of ether oxygens (including phenoxy) is 1. The Morgan fingerprint density at radius 3 is 2.86 bits per heavy atom. The molecule has 1 aliphatic rings. The molecule has 1 aromatic heterocycles. The van der Waals surface area contributed by atoms with Crippen molar-refractivity contribution in [2.45, 2.75) is 38.0 Å². The lowest BCUT2D eigenvalue weighted by atomic mass is 10.0. The van der Waals surface area contributed by atoms with Crippen molar-refractivity contribution in [3.05, 3.63) is 6.07 Å². The number of nitrogens with one attached hydrogen (secondary N) is 1. The second-order valence-electron chi connectivity index (χ2n) is 4.80. The zero-order valence-corrected chi connectivity index (χ0v) is 11.9. The molecule has 0 aliphatic carbocycles. The molecule has 22 heavy (non-hydrogen) atoms.